The Hall–Kier alpha value is -2.03. The van der Waals surface area contributed by atoms with E-state index in [-0.39, 0.29) is 5.56 Å². The van der Waals surface area contributed by atoms with E-state index in [4.69, 9.17) is 10.4 Å². The number of rotatable bonds is 1. The van der Waals surface area contributed by atoms with Crippen LogP contribution < -0.4 is 0 Å². The van der Waals surface area contributed by atoms with Crippen molar-refractivity contribution in [2.45, 2.75) is 13.1 Å². The second-order valence-electron chi connectivity index (χ2n) is 3.08. The number of hydrogen-bond acceptors (Lipinski definition) is 3. The fraction of sp³-hybridized carbons (Fsp3) is 0.200. The van der Waals surface area contributed by atoms with Crippen LogP contribution in [0.2, 0.25) is 0 Å². The van der Waals surface area contributed by atoms with E-state index in [0.717, 1.165) is 13.0 Å². The molecule has 0 aliphatic heterocycles. The van der Waals surface area contributed by atoms with Gasteiger partial charge in [-0.3, -0.25) is 4.79 Å². The number of alkyl halides is 3. The van der Waals surface area contributed by atoms with Gasteiger partial charge in [0.2, 0.25) is 0 Å². The predicted octanol–water partition coefficient (Wildman–Crippen LogP) is 2.49. The average Bonchev–Trinajstić information content (AvgIpc) is 2.14. The molecule has 1 rings (SSSR count). The van der Waals surface area contributed by atoms with Gasteiger partial charge < -0.3 is 5.11 Å². The smallest absolute Gasteiger partial charge is 0.421 e. The lowest BCUT2D eigenvalue weighted by Gasteiger charge is -2.11. The fourth-order valence-corrected chi connectivity index (χ4v) is 1.22. The van der Waals surface area contributed by atoms with Gasteiger partial charge in [-0.15, -0.1) is 0 Å². The van der Waals surface area contributed by atoms with Gasteiger partial charge in [-0.05, 0) is 19.1 Å². The number of phenols is 1. The zero-order valence-corrected chi connectivity index (χ0v) is 8.09. The van der Waals surface area contributed by atoms with Gasteiger partial charge in [0.25, 0.3) is 0 Å². The second kappa shape index (κ2) is 3.85. The number of phenolic OH excluding ortho intramolecular Hbond substituents is 1. The molecular weight excluding hydrogens is 223 g/mol. The van der Waals surface area contributed by atoms with E-state index in [9.17, 15) is 18.0 Å². The van der Waals surface area contributed by atoms with Gasteiger partial charge in [0.1, 0.15) is 11.3 Å². The highest BCUT2D eigenvalue weighted by Gasteiger charge is 2.37. The van der Waals surface area contributed by atoms with E-state index in [1.54, 1.807) is 0 Å². The first-order valence-electron chi connectivity index (χ1n) is 4.12. The van der Waals surface area contributed by atoms with Crippen LogP contribution in [0.4, 0.5) is 13.2 Å². The summed E-state index contributed by atoms with van der Waals surface area (Å²) >= 11 is 0. The summed E-state index contributed by atoms with van der Waals surface area (Å²) in [6, 6.07) is 2.82. The summed E-state index contributed by atoms with van der Waals surface area (Å²) in [6.45, 7) is 1.13. The molecule has 0 aliphatic rings. The van der Waals surface area contributed by atoms with E-state index in [1.165, 1.54) is 6.07 Å². The first-order valence-corrected chi connectivity index (χ1v) is 4.12. The highest BCUT2D eigenvalue weighted by Crippen LogP contribution is 2.38. The van der Waals surface area contributed by atoms with Crippen LogP contribution in [0, 0.1) is 11.3 Å². The molecule has 3 nitrogen and oxygen atoms in total. The number of nitrogens with zero attached hydrogens (tertiary/aromatic N) is 1. The molecule has 84 valence electrons. The Morgan fingerprint density at radius 3 is 2.38 bits per heavy atom. The SMILES string of the molecule is CC(=O)c1cc(O)c(C(F)(F)F)c(C#N)c1. The fourth-order valence-electron chi connectivity index (χ4n) is 1.22. The van der Waals surface area contributed by atoms with E-state index >= 15 is 0 Å². The summed E-state index contributed by atoms with van der Waals surface area (Å²) in [5.74, 6) is -1.64. The predicted molar refractivity (Wildman–Crippen MR) is 47.8 cm³/mol. The van der Waals surface area contributed by atoms with Crippen LogP contribution in [0.1, 0.15) is 28.4 Å². The maximum absolute atomic E-state index is 12.4. The molecule has 0 radical (unpaired) electrons. The minimum atomic E-state index is -4.83. The van der Waals surface area contributed by atoms with Gasteiger partial charge in [0.05, 0.1) is 11.6 Å². The third-order valence-corrected chi connectivity index (χ3v) is 1.93. The maximum atomic E-state index is 12.4. The van der Waals surface area contributed by atoms with Crippen molar-refractivity contribution in [1.82, 2.24) is 0 Å². The van der Waals surface area contributed by atoms with Crippen molar-refractivity contribution < 1.29 is 23.1 Å². The molecule has 16 heavy (non-hydrogen) atoms. The van der Waals surface area contributed by atoms with E-state index in [2.05, 4.69) is 0 Å². The molecule has 0 amide bonds. The van der Waals surface area contributed by atoms with Crippen molar-refractivity contribution in [2.75, 3.05) is 0 Å². The summed E-state index contributed by atoms with van der Waals surface area (Å²) in [4.78, 5) is 10.9. The van der Waals surface area contributed by atoms with E-state index < -0.39 is 28.8 Å². The molecule has 0 aliphatic carbocycles. The Kier molecular flexibility index (Phi) is 2.90. The number of aromatic hydroxyl groups is 1. The molecule has 1 aromatic carbocycles. The summed E-state index contributed by atoms with van der Waals surface area (Å²) in [5.41, 5.74) is -2.32. The van der Waals surface area contributed by atoms with Crippen LogP contribution >= 0.6 is 0 Å². The highest BCUT2D eigenvalue weighted by atomic mass is 19.4. The Bertz CT molecular complexity index is 486. The molecule has 0 heterocycles. The number of ketones is 1. The first kappa shape index (κ1) is 12.0. The molecule has 0 saturated heterocycles. The molecule has 0 saturated carbocycles. The van der Waals surface area contributed by atoms with Crippen molar-refractivity contribution in [1.29, 1.82) is 5.26 Å². The lowest BCUT2D eigenvalue weighted by atomic mass is 10.0. The summed E-state index contributed by atoms with van der Waals surface area (Å²) < 4.78 is 37.3. The largest absolute Gasteiger partial charge is 0.507 e. The number of benzene rings is 1. The molecule has 6 heteroatoms. The average molecular weight is 229 g/mol. The van der Waals surface area contributed by atoms with Crippen molar-refractivity contribution in [3.8, 4) is 11.8 Å². The summed E-state index contributed by atoms with van der Waals surface area (Å²) in [5, 5.41) is 17.7. The van der Waals surface area contributed by atoms with E-state index in [1.807, 2.05) is 0 Å². The standard InChI is InChI=1S/C10H6F3NO2/c1-5(15)6-2-7(4-14)9(8(16)3-6)10(11,12)13/h2-3,16H,1H3. The van der Waals surface area contributed by atoms with Crippen molar-refractivity contribution in [3.63, 3.8) is 0 Å². The van der Waals surface area contributed by atoms with Crippen molar-refractivity contribution >= 4 is 5.78 Å². The molecule has 1 aromatic rings. The zero-order valence-electron chi connectivity index (χ0n) is 8.09. The van der Waals surface area contributed by atoms with Crippen LogP contribution in [0.25, 0.3) is 0 Å². The first-order chi connectivity index (χ1) is 7.27. The number of carbonyl (C=O) groups is 1. The third-order valence-electron chi connectivity index (χ3n) is 1.93. The van der Waals surface area contributed by atoms with Gasteiger partial charge >= 0.3 is 6.18 Å². The van der Waals surface area contributed by atoms with Gasteiger partial charge in [-0.1, -0.05) is 0 Å². The number of halogens is 3. The minimum absolute atomic E-state index is 0.137. The minimum Gasteiger partial charge on any atom is -0.507 e. The summed E-state index contributed by atoms with van der Waals surface area (Å²) in [7, 11) is 0. The zero-order chi connectivity index (χ0) is 12.5. The Balaban J connectivity index is 3.55. The Labute approximate surface area is 88.7 Å². The van der Waals surface area contributed by atoms with Gasteiger partial charge in [-0.2, -0.15) is 18.4 Å². The normalized spacial score (nSPS) is 10.9. The van der Waals surface area contributed by atoms with Crippen LogP contribution in [0.15, 0.2) is 12.1 Å². The van der Waals surface area contributed by atoms with Gasteiger partial charge in [0, 0.05) is 5.56 Å². The quantitative estimate of drug-likeness (QED) is 0.752. The van der Waals surface area contributed by atoms with Crippen LogP contribution in [0.5, 0.6) is 5.75 Å². The number of hydrogen-bond donors (Lipinski definition) is 1. The van der Waals surface area contributed by atoms with Crippen LogP contribution in [-0.4, -0.2) is 10.9 Å². The number of nitriles is 1. The molecule has 0 aromatic heterocycles. The van der Waals surface area contributed by atoms with Crippen molar-refractivity contribution in [2.24, 2.45) is 0 Å². The lowest BCUT2D eigenvalue weighted by Crippen LogP contribution is -2.09. The topological polar surface area (TPSA) is 61.1 Å². The number of carbonyl (C=O) groups excluding carboxylic acids is 1. The lowest BCUT2D eigenvalue weighted by molar-refractivity contribution is -0.139. The molecule has 0 atom stereocenters. The molecule has 0 bridgehead atoms. The number of Topliss-reactive ketones (excluding diaryl/α,β-unsaturated/α-hetero) is 1. The van der Waals surface area contributed by atoms with Crippen LogP contribution in [0.3, 0.4) is 0 Å². The Morgan fingerprint density at radius 1 is 1.44 bits per heavy atom. The molecule has 0 spiro atoms. The third kappa shape index (κ3) is 2.14. The maximum Gasteiger partial charge on any atom is 0.421 e. The Morgan fingerprint density at radius 2 is 2.00 bits per heavy atom. The van der Waals surface area contributed by atoms with E-state index in [0.29, 0.717) is 6.07 Å². The second-order valence-corrected chi connectivity index (χ2v) is 3.08. The highest BCUT2D eigenvalue weighted by molar-refractivity contribution is 5.95. The van der Waals surface area contributed by atoms with Crippen LogP contribution in [-0.2, 0) is 6.18 Å². The molecular formula is C10H6F3NO2. The summed E-state index contributed by atoms with van der Waals surface area (Å²) in [6.07, 6.45) is -4.83. The molecule has 0 unspecified atom stereocenters. The van der Waals surface area contributed by atoms with Gasteiger partial charge in [0.15, 0.2) is 5.78 Å². The molecule has 0 fully saturated rings. The van der Waals surface area contributed by atoms with Crippen molar-refractivity contribution in [3.05, 3.63) is 28.8 Å². The molecule has 1 N–H and O–H groups in total. The van der Waals surface area contributed by atoms with Gasteiger partial charge in [-0.25, -0.2) is 0 Å². The monoisotopic (exact) mass is 229 g/mol.